The maximum Gasteiger partial charge on any atom is 0.239 e. The quantitative estimate of drug-likeness (QED) is 0.942. The van der Waals surface area contributed by atoms with Crippen LogP contribution in [0.3, 0.4) is 0 Å². The fourth-order valence-corrected chi connectivity index (χ4v) is 3.22. The standard InChI is InChI=1S/C19H23N3O/c1-15-13-19(20-14-17-9-5-3-6-10-17)22(16(2)23)21(15)18-11-7-4-8-12-18/h3-12,15,19-20H,13-14H2,1-2H3/t15-,19-/m1/s1. The van der Waals surface area contributed by atoms with Crippen molar-refractivity contribution in [3.8, 4) is 0 Å². The third-order valence-electron chi connectivity index (χ3n) is 4.24. The Bertz CT molecular complexity index is 644. The molecule has 1 aliphatic heterocycles. The van der Waals surface area contributed by atoms with Crippen LogP contribution >= 0.6 is 0 Å². The van der Waals surface area contributed by atoms with E-state index in [-0.39, 0.29) is 18.1 Å². The molecule has 3 rings (SSSR count). The number of amides is 1. The van der Waals surface area contributed by atoms with Gasteiger partial charge in [0.15, 0.2) is 0 Å². The number of hydrogen-bond donors (Lipinski definition) is 1. The smallest absolute Gasteiger partial charge is 0.239 e. The summed E-state index contributed by atoms with van der Waals surface area (Å²) in [5.74, 6) is 0.0590. The van der Waals surface area contributed by atoms with Crippen molar-refractivity contribution in [2.75, 3.05) is 5.01 Å². The van der Waals surface area contributed by atoms with E-state index in [0.29, 0.717) is 0 Å². The van der Waals surface area contributed by atoms with E-state index in [2.05, 4.69) is 29.4 Å². The van der Waals surface area contributed by atoms with Gasteiger partial charge in [0, 0.05) is 19.9 Å². The van der Waals surface area contributed by atoms with Crippen molar-refractivity contribution in [1.82, 2.24) is 10.3 Å². The van der Waals surface area contributed by atoms with Crippen molar-refractivity contribution in [2.24, 2.45) is 0 Å². The summed E-state index contributed by atoms with van der Waals surface area (Å²) in [6, 6.07) is 20.6. The highest BCUT2D eigenvalue weighted by Gasteiger charge is 2.38. The third kappa shape index (κ3) is 3.37. The zero-order valence-corrected chi connectivity index (χ0v) is 13.6. The Kier molecular flexibility index (Phi) is 4.63. The number of nitrogens with one attached hydrogen (secondary N) is 1. The minimum absolute atomic E-state index is 0.0166. The van der Waals surface area contributed by atoms with Gasteiger partial charge in [0.05, 0.1) is 11.7 Å². The molecular weight excluding hydrogens is 286 g/mol. The van der Waals surface area contributed by atoms with Gasteiger partial charge in [0.1, 0.15) is 6.17 Å². The predicted molar refractivity (Wildman–Crippen MR) is 92.6 cm³/mol. The molecule has 1 fully saturated rings. The molecule has 0 aromatic heterocycles. The van der Waals surface area contributed by atoms with Crippen molar-refractivity contribution >= 4 is 11.6 Å². The molecule has 4 nitrogen and oxygen atoms in total. The van der Waals surface area contributed by atoms with Crippen molar-refractivity contribution in [1.29, 1.82) is 0 Å². The second-order valence-corrected chi connectivity index (χ2v) is 6.01. The van der Waals surface area contributed by atoms with Gasteiger partial charge in [0.2, 0.25) is 5.91 Å². The molecule has 1 heterocycles. The Labute approximate surface area is 137 Å². The van der Waals surface area contributed by atoms with Gasteiger partial charge < -0.3 is 0 Å². The minimum Gasteiger partial charge on any atom is -0.291 e. The zero-order valence-electron chi connectivity index (χ0n) is 13.6. The number of nitrogens with zero attached hydrogens (tertiary/aromatic N) is 2. The molecule has 4 heteroatoms. The molecule has 0 unspecified atom stereocenters. The normalized spacial score (nSPS) is 20.8. The summed E-state index contributed by atoms with van der Waals surface area (Å²) in [7, 11) is 0. The summed E-state index contributed by atoms with van der Waals surface area (Å²) in [4.78, 5) is 12.2. The number of anilines is 1. The summed E-state index contributed by atoms with van der Waals surface area (Å²) >= 11 is 0. The van der Waals surface area contributed by atoms with Crippen molar-refractivity contribution in [3.05, 3.63) is 66.2 Å². The lowest BCUT2D eigenvalue weighted by Crippen LogP contribution is -2.50. The molecule has 0 bridgehead atoms. The molecule has 0 radical (unpaired) electrons. The minimum atomic E-state index is 0.0166. The van der Waals surface area contributed by atoms with E-state index in [9.17, 15) is 4.79 Å². The average molecular weight is 309 g/mol. The number of para-hydroxylation sites is 1. The number of rotatable bonds is 4. The van der Waals surface area contributed by atoms with Crippen LogP contribution in [-0.2, 0) is 11.3 Å². The van der Waals surface area contributed by atoms with E-state index >= 15 is 0 Å². The van der Waals surface area contributed by atoms with E-state index in [0.717, 1.165) is 18.7 Å². The SMILES string of the molecule is CC(=O)N1[C@@H](NCc2ccccc2)C[C@@H](C)N1c1ccccc1. The van der Waals surface area contributed by atoms with E-state index in [4.69, 9.17) is 0 Å². The van der Waals surface area contributed by atoms with Crippen LogP contribution < -0.4 is 10.3 Å². The van der Waals surface area contributed by atoms with Crippen molar-refractivity contribution < 1.29 is 4.79 Å². The van der Waals surface area contributed by atoms with Crippen LogP contribution in [0.5, 0.6) is 0 Å². The number of carbonyl (C=O) groups excluding carboxylic acids is 1. The van der Waals surface area contributed by atoms with Crippen LogP contribution in [0.4, 0.5) is 5.69 Å². The second kappa shape index (κ2) is 6.84. The Morgan fingerprint density at radius 3 is 2.30 bits per heavy atom. The van der Waals surface area contributed by atoms with E-state index in [1.807, 2.05) is 53.5 Å². The fraction of sp³-hybridized carbons (Fsp3) is 0.316. The van der Waals surface area contributed by atoms with Crippen LogP contribution in [0.15, 0.2) is 60.7 Å². The van der Waals surface area contributed by atoms with Gasteiger partial charge in [-0.2, -0.15) is 0 Å². The van der Waals surface area contributed by atoms with Gasteiger partial charge in [-0.1, -0.05) is 48.5 Å². The summed E-state index contributed by atoms with van der Waals surface area (Å²) in [6.45, 7) is 4.54. The van der Waals surface area contributed by atoms with Crippen LogP contribution in [0.2, 0.25) is 0 Å². The highest BCUT2D eigenvalue weighted by molar-refractivity contribution is 5.76. The van der Waals surface area contributed by atoms with Gasteiger partial charge in [-0.05, 0) is 24.6 Å². The Balaban J connectivity index is 1.77. The topological polar surface area (TPSA) is 35.6 Å². The number of benzene rings is 2. The first-order chi connectivity index (χ1) is 11.2. The summed E-state index contributed by atoms with van der Waals surface area (Å²) in [5, 5.41) is 7.48. The van der Waals surface area contributed by atoms with Crippen molar-refractivity contribution in [3.63, 3.8) is 0 Å². The van der Waals surface area contributed by atoms with E-state index in [1.54, 1.807) is 6.92 Å². The monoisotopic (exact) mass is 309 g/mol. The molecule has 0 aliphatic carbocycles. The highest BCUT2D eigenvalue weighted by Crippen LogP contribution is 2.29. The van der Waals surface area contributed by atoms with Gasteiger partial charge >= 0.3 is 0 Å². The summed E-state index contributed by atoms with van der Waals surface area (Å²) in [6.07, 6.45) is 0.921. The lowest BCUT2D eigenvalue weighted by atomic mass is 10.2. The molecule has 1 saturated heterocycles. The molecule has 1 amide bonds. The van der Waals surface area contributed by atoms with Gasteiger partial charge in [-0.15, -0.1) is 0 Å². The molecule has 2 aromatic carbocycles. The predicted octanol–water partition coefficient (Wildman–Crippen LogP) is 3.16. The first kappa shape index (κ1) is 15.6. The molecular formula is C19H23N3O. The van der Waals surface area contributed by atoms with Gasteiger partial charge in [0.25, 0.3) is 0 Å². The molecule has 23 heavy (non-hydrogen) atoms. The second-order valence-electron chi connectivity index (χ2n) is 6.01. The molecule has 2 atom stereocenters. The number of hydrazine groups is 1. The number of carbonyl (C=O) groups is 1. The Morgan fingerprint density at radius 2 is 1.70 bits per heavy atom. The van der Waals surface area contributed by atoms with Crippen LogP contribution in [0.1, 0.15) is 25.8 Å². The molecule has 0 saturated carbocycles. The Hall–Kier alpha value is -2.33. The van der Waals surface area contributed by atoms with E-state index in [1.165, 1.54) is 5.56 Å². The highest BCUT2D eigenvalue weighted by atomic mass is 16.2. The largest absolute Gasteiger partial charge is 0.291 e. The maximum absolute atomic E-state index is 12.2. The first-order valence-corrected chi connectivity index (χ1v) is 8.08. The lowest BCUT2D eigenvalue weighted by molar-refractivity contribution is -0.131. The zero-order chi connectivity index (χ0) is 16.2. The lowest BCUT2D eigenvalue weighted by Gasteiger charge is -2.35. The van der Waals surface area contributed by atoms with Gasteiger partial charge in [-0.3, -0.25) is 15.1 Å². The molecule has 0 spiro atoms. The Morgan fingerprint density at radius 1 is 1.09 bits per heavy atom. The third-order valence-corrected chi connectivity index (χ3v) is 4.24. The van der Waals surface area contributed by atoms with Crippen LogP contribution in [0.25, 0.3) is 0 Å². The fourth-order valence-electron chi connectivity index (χ4n) is 3.22. The van der Waals surface area contributed by atoms with Gasteiger partial charge in [-0.25, -0.2) is 5.01 Å². The molecule has 1 N–H and O–H groups in total. The summed E-state index contributed by atoms with van der Waals surface area (Å²) < 4.78 is 0. The molecule has 120 valence electrons. The van der Waals surface area contributed by atoms with Crippen molar-refractivity contribution in [2.45, 2.75) is 39.0 Å². The average Bonchev–Trinajstić information content (AvgIpc) is 2.91. The molecule has 2 aromatic rings. The molecule has 1 aliphatic rings. The van der Waals surface area contributed by atoms with E-state index < -0.39 is 0 Å². The van der Waals surface area contributed by atoms with Crippen LogP contribution in [0, 0.1) is 0 Å². The van der Waals surface area contributed by atoms with Crippen LogP contribution in [-0.4, -0.2) is 23.1 Å². The maximum atomic E-state index is 12.2. The summed E-state index contributed by atoms with van der Waals surface area (Å²) in [5.41, 5.74) is 2.28. The first-order valence-electron chi connectivity index (χ1n) is 8.08. The number of hydrogen-bond acceptors (Lipinski definition) is 3.